The van der Waals surface area contributed by atoms with E-state index < -0.39 is 17.8 Å². The van der Waals surface area contributed by atoms with E-state index in [0.717, 1.165) is 11.6 Å². The molecule has 25 heavy (non-hydrogen) atoms. The highest BCUT2D eigenvalue weighted by Gasteiger charge is 2.17. The average Bonchev–Trinajstić information content (AvgIpc) is 2.58. The number of hydrogen-bond acceptors (Lipinski definition) is 2. The van der Waals surface area contributed by atoms with Crippen LogP contribution in [0.2, 0.25) is 10.0 Å². The largest absolute Gasteiger partial charge is 0.345 e. The fourth-order valence-electron chi connectivity index (χ4n) is 2.28. The van der Waals surface area contributed by atoms with E-state index in [4.69, 9.17) is 23.2 Å². The van der Waals surface area contributed by atoms with Crippen LogP contribution in [0.25, 0.3) is 6.08 Å². The number of carbonyl (C=O) groups is 1. The minimum Gasteiger partial charge on any atom is -0.345 e. The summed E-state index contributed by atoms with van der Waals surface area (Å²) in [5, 5.41) is 12.6. The Labute approximate surface area is 155 Å². The first-order chi connectivity index (χ1) is 11.8. The molecule has 0 spiro atoms. The van der Waals surface area contributed by atoms with E-state index in [9.17, 15) is 14.4 Å². The molecule has 2 aromatic rings. The van der Waals surface area contributed by atoms with Crippen LogP contribution in [0, 0.1) is 24.1 Å². The van der Waals surface area contributed by atoms with Crippen LogP contribution in [0.3, 0.4) is 0 Å². The third kappa shape index (κ3) is 4.39. The molecule has 0 aliphatic heterocycles. The van der Waals surface area contributed by atoms with Gasteiger partial charge in [0, 0.05) is 10.6 Å². The zero-order valence-corrected chi connectivity index (χ0v) is 15.1. The van der Waals surface area contributed by atoms with Crippen molar-refractivity contribution in [3.05, 3.63) is 74.5 Å². The van der Waals surface area contributed by atoms with Crippen molar-refractivity contribution in [2.24, 2.45) is 0 Å². The number of amides is 1. The Kier molecular flexibility index (Phi) is 6.19. The van der Waals surface area contributed by atoms with Gasteiger partial charge in [-0.25, -0.2) is 4.39 Å². The summed E-state index contributed by atoms with van der Waals surface area (Å²) >= 11 is 12.1. The molecular formula is C19H15Cl2FN2O. The zero-order chi connectivity index (χ0) is 18.6. The van der Waals surface area contributed by atoms with E-state index in [1.165, 1.54) is 12.1 Å². The van der Waals surface area contributed by atoms with Gasteiger partial charge in [0.25, 0.3) is 5.91 Å². The fraction of sp³-hybridized carbons (Fsp3) is 0.158. The third-order valence-corrected chi connectivity index (χ3v) is 4.37. The predicted molar refractivity (Wildman–Crippen MR) is 97.7 cm³/mol. The van der Waals surface area contributed by atoms with Crippen molar-refractivity contribution in [2.75, 3.05) is 0 Å². The van der Waals surface area contributed by atoms with E-state index in [1.807, 2.05) is 0 Å². The van der Waals surface area contributed by atoms with Crippen molar-refractivity contribution in [3.63, 3.8) is 0 Å². The Morgan fingerprint density at radius 1 is 1.24 bits per heavy atom. The van der Waals surface area contributed by atoms with Gasteiger partial charge in [-0.05, 0) is 43.2 Å². The first kappa shape index (κ1) is 19.0. The van der Waals surface area contributed by atoms with Gasteiger partial charge in [0.15, 0.2) is 0 Å². The van der Waals surface area contributed by atoms with Crippen LogP contribution in [0.15, 0.2) is 42.0 Å². The number of carbonyl (C=O) groups excluding carboxylic acids is 1. The van der Waals surface area contributed by atoms with Crippen LogP contribution in [0.5, 0.6) is 0 Å². The summed E-state index contributed by atoms with van der Waals surface area (Å²) in [7, 11) is 0. The molecule has 1 N–H and O–H groups in total. The topological polar surface area (TPSA) is 52.9 Å². The standard InChI is InChI=1S/C19H15Cl2FN2O/c1-11-7-8-17(21)15(18(11)22)9-13(10-23)19(25)24-12(2)14-5-3-4-6-16(14)20/h3-9,12H,1-2H3,(H,24,25)/b13-9+/t12-/m0/s1. The molecule has 0 bridgehead atoms. The van der Waals surface area contributed by atoms with Gasteiger partial charge >= 0.3 is 0 Å². The Hall–Kier alpha value is -2.35. The lowest BCUT2D eigenvalue weighted by Crippen LogP contribution is -2.27. The van der Waals surface area contributed by atoms with E-state index in [0.29, 0.717) is 10.6 Å². The fourth-order valence-corrected chi connectivity index (χ4v) is 2.78. The second-order valence-corrected chi connectivity index (χ2v) is 6.29. The number of rotatable bonds is 4. The van der Waals surface area contributed by atoms with Crippen LogP contribution in [0.1, 0.15) is 29.7 Å². The molecule has 0 saturated carbocycles. The monoisotopic (exact) mass is 376 g/mol. The van der Waals surface area contributed by atoms with Crippen LogP contribution >= 0.6 is 23.2 Å². The summed E-state index contributed by atoms with van der Waals surface area (Å²) in [6.07, 6.45) is 1.15. The number of benzene rings is 2. The highest BCUT2D eigenvalue weighted by atomic mass is 35.5. The van der Waals surface area contributed by atoms with Crippen LogP contribution < -0.4 is 5.32 Å². The number of aryl methyl sites for hydroxylation is 1. The quantitative estimate of drug-likeness (QED) is 0.586. The van der Waals surface area contributed by atoms with Crippen molar-refractivity contribution in [2.45, 2.75) is 19.9 Å². The predicted octanol–water partition coefficient (Wildman–Crippen LogP) is 5.23. The molecule has 0 aromatic heterocycles. The Morgan fingerprint density at radius 3 is 2.56 bits per heavy atom. The lowest BCUT2D eigenvalue weighted by molar-refractivity contribution is -0.117. The van der Waals surface area contributed by atoms with Crippen molar-refractivity contribution in [1.29, 1.82) is 5.26 Å². The summed E-state index contributed by atoms with van der Waals surface area (Å²) in [4.78, 5) is 12.4. The molecule has 1 atom stereocenters. The van der Waals surface area contributed by atoms with Gasteiger partial charge in [-0.1, -0.05) is 47.5 Å². The lowest BCUT2D eigenvalue weighted by atomic mass is 10.1. The lowest BCUT2D eigenvalue weighted by Gasteiger charge is -2.15. The van der Waals surface area contributed by atoms with Gasteiger partial charge in [0.2, 0.25) is 0 Å². The van der Waals surface area contributed by atoms with Crippen molar-refractivity contribution < 1.29 is 9.18 Å². The maximum absolute atomic E-state index is 14.2. The zero-order valence-electron chi connectivity index (χ0n) is 13.6. The first-order valence-electron chi connectivity index (χ1n) is 7.46. The minimum absolute atomic E-state index is 0.0127. The maximum atomic E-state index is 14.2. The summed E-state index contributed by atoms with van der Waals surface area (Å²) in [6.45, 7) is 3.32. The average molecular weight is 377 g/mol. The molecule has 0 fully saturated rings. The Morgan fingerprint density at radius 2 is 1.92 bits per heavy atom. The van der Waals surface area contributed by atoms with Gasteiger partial charge in [-0.3, -0.25) is 4.79 Å². The summed E-state index contributed by atoms with van der Waals surface area (Å²) in [5.74, 6) is -1.20. The molecule has 0 aliphatic rings. The second kappa shape index (κ2) is 8.15. The van der Waals surface area contributed by atoms with E-state index in [1.54, 1.807) is 44.2 Å². The smallest absolute Gasteiger partial charge is 0.262 e. The molecule has 2 aromatic carbocycles. The van der Waals surface area contributed by atoms with Gasteiger partial charge in [0.1, 0.15) is 17.5 Å². The molecule has 0 unspecified atom stereocenters. The second-order valence-electron chi connectivity index (χ2n) is 5.48. The van der Waals surface area contributed by atoms with Crippen LogP contribution in [-0.2, 0) is 4.79 Å². The van der Waals surface area contributed by atoms with Crippen molar-refractivity contribution in [3.8, 4) is 6.07 Å². The van der Waals surface area contributed by atoms with Crippen molar-refractivity contribution in [1.82, 2.24) is 5.32 Å². The summed E-state index contributed by atoms with van der Waals surface area (Å²) < 4.78 is 14.2. The van der Waals surface area contributed by atoms with Gasteiger partial charge < -0.3 is 5.32 Å². The molecule has 3 nitrogen and oxygen atoms in total. The summed E-state index contributed by atoms with van der Waals surface area (Å²) in [5.41, 5.74) is 0.858. The third-order valence-electron chi connectivity index (χ3n) is 3.69. The molecule has 1 amide bonds. The number of nitriles is 1. The molecule has 0 saturated heterocycles. The van der Waals surface area contributed by atoms with E-state index in [2.05, 4.69) is 5.32 Å². The molecule has 6 heteroatoms. The molecule has 0 radical (unpaired) electrons. The minimum atomic E-state index is -0.633. The summed E-state index contributed by atoms with van der Waals surface area (Å²) in [6, 6.07) is 11.5. The normalized spacial score (nSPS) is 12.4. The number of hydrogen-bond donors (Lipinski definition) is 1. The molecule has 2 rings (SSSR count). The van der Waals surface area contributed by atoms with E-state index in [-0.39, 0.29) is 16.2 Å². The Bertz CT molecular complexity index is 887. The first-order valence-corrected chi connectivity index (χ1v) is 8.22. The highest BCUT2D eigenvalue weighted by Crippen LogP contribution is 2.25. The SMILES string of the molecule is Cc1ccc(Cl)c(/C=C(\C#N)C(=O)N[C@@H](C)c2ccccc2Cl)c1F. The molecule has 0 aliphatic carbocycles. The van der Waals surface area contributed by atoms with Gasteiger partial charge in [-0.15, -0.1) is 0 Å². The van der Waals surface area contributed by atoms with Gasteiger partial charge in [-0.2, -0.15) is 5.26 Å². The Balaban J connectivity index is 2.30. The van der Waals surface area contributed by atoms with Crippen LogP contribution in [0.4, 0.5) is 4.39 Å². The molecule has 128 valence electrons. The molecular weight excluding hydrogens is 362 g/mol. The number of nitrogens with one attached hydrogen (secondary N) is 1. The van der Waals surface area contributed by atoms with Crippen LogP contribution in [-0.4, -0.2) is 5.91 Å². The molecule has 0 heterocycles. The number of halogens is 3. The maximum Gasteiger partial charge on any atom is 0.262 e. The van der Waals surface area contributed by atoms with Crippen molar-refractivity contribution >= 4 is 35.2 Å². The number of nitrogens with zero attached hydrogens (tertiary/aromatic N) is 1. The highest BCUT2D eigenvalue weighted by molar-refractivity contribution is 6.32. The van der Waals surface area contributed by atoms with E-state index >= 15 is 0 Å². The van der Waals surface area contributed by atoms with Gasteiger partial charge in [0.05, 0.1) is 11.1 Å².